The van der Waals surface area contributed by atoms with E-state index in [1.165, 1.54) is 12.1 Å². The molecule has 4 rings (SSSR count). The van der Waals surface area contributed by atoms with Gasteiger partial charge in [0, 0.05) is 41.8 Å². The minimum absolute atomic E-state index is 0.0331. The van der Waals surface area contributed by atoms with E-state index in [1.54, 1.807) is 12.1 Å². The summed E-state index contributed by atoms with van der Waals surface area (Å²) < 4.78 is 13.3. The Kier molecular flexibility index (Phi) is 4.73. The number of pyridine rings is 1. The summed E-state index contributed by atoms with van der Waals surface area (Å²) in [7, 11) is 0. The second-order valence-corrected chi connectivity index (χ2v) is 7.43. The van der Waals surface area contributed by atoms with Crippen molar-refractivity contribution in [2.24, 2.45) is 0 Å². The van der Waals surface area contributed by atoms with Crippen molar-refractivity contribution >= 4 is 22.5 Å². The Hall–Kier alpha value is -2.99. The van der Waals surface area contributed by atoms with Gasteiger partial charge in [0.2, 0.25) is 5.91 Å². The molecule has 5 nitrogen and oxygen atoms in total. The average Bonchev–Trinajstić information content (AvgIpc) is 2.63. The summed E-state index contributed by atoms with van der Waals surface area (Å²) in [5.41, 5.74) is 5.15. The number of aromatic amines is 1. The number of benzene rings is 2. The molecule has 28 heavy (non-hydrogen) atoms. The number of carbonyl (C=O) groups excluding carboxylic acids is 1. The van der Waals surface area contributed by atoms with E-state index in [0.717, 1.165) is 27.9 Å². The maximum atomic E-state index is 13.3. The molecule has 3 aromatic rings. The Morgan fingerprint density at radius 2 is 2.07 bits per heavy atom. The first-order valence-electron chi connectivity index (χ1n) is 9.33. The van der Waals surface area contributed by atoms with Gasteiger partial charge in [-0.2, -0.15) is 0 Å². The first-order valence-corrected chi connectivity index (χ1v) is 9.33. The van der Waals surface area contributed by atoms with E-state index < -0.39 is 5.82 Å². The van der Waals surface area contributed by atoms with Crippen molar-refractivity contribution in [1.82, 2.24) is 9.88 Å². The van der Waals surface area contributed by atoms with Gasteiger partial charge < -0.3 is 10.3 Å². The number of hydrogen-bond acceptors (Lipinski definition) is 3. The van der Waals surface area contributed by atoms with Gasteiger partial charge in [-0.15, -0.1) is 0 Å². The fraction of sp³-hybridized carbons (Fsp3) is 0.273. The number of aryl methyl sites for hydroxylation is 2. The number of carbonyl (C=O) groups is 1. The van der Waals surface area contributed by atoms with Gasteiger partial charge in [0.25, 0.3) is 0 Å². The summed E-state index contributed by atoms with van der Waals surface area (Å²) in [6.45, 7) is 5.23. The molecule has 2 aromatic carbocycles. The van der Waals surface area contributed by atoms with E-state index in [1.807, 2.05) is 24.8 Å². The molecule has 0 aliphatic carbocycles. The Morgan fingerprint density at radius 3 is 2.86 bits per heavy atom. The van der Waals surface area contributed by atoms with Gasteiger partial charge in [-0.1, -0.05) is 12.1 Å². The fourth-order valence-electron chi connectivity index (χ4n) is 3.90. The van der Waals surface area contributed by atoms with Crippen LogP contribution in [0.1, 0.15) is 22.4 Å². The van der Waals surface area contributed by atoms with Gasteiger partial charge in [0.05, 0.1) is 12.1 Å². The van der Waals surface area contributed by atoms with Gasteiger partial charge >= 0.3 is 0 Å². The van der Waals surface area contributed by atoms with Crippen LogP contribution in [0.2, 0.25) is 0 Å². The molecule has 6 heteroatoms. The third-order valence-corrected chi connectivity index (χ3v) is 5.17. The second-order valence-electron chi connectivity index (χ2n) is 7.43. The Bertz CT molecular complexity index is 1140. The van der Waals surface area contributed by atoms with Crippen LogP contribution < -0.4 is 10.7 Å². The van der Waals surface area contributed by atoms with Gasteiger partial charge in [0.1, 0.15) is 5.82 Å². The van der Waals surface area contributed by atoms with Crippen LogP contribution in [0.4, 0.5) is 10.1 Å². The first-order chi connectivity index (χ1) is 13.4. The fourth-order valence-corrected chi connectivity index (χ4v) is 3.90. The lowest BCUT2D eigenvalue weighted by atomic mass is 9.99. The molecule has 0 atom stereocenters. The van der Waals surface area contributed by atoms with E-state index in [4.69, 9.17) is 0 Å². The highest BCUT2D eigenvalue weighted by molar-refractivity contribution is 5.92. The summed E-state index contributed by atoms with van der Waals surface area (Å²) >= 11 is 0. The number of nitrogens with one attached hydrogen (secondary N) is 2. The molecular formula is C22H22FN3O2. The number of aromatic nitrogens is 1. The molecule has 0 radical (unpaired) electrons. The monoisotopic (exact) mass is 379 g/mol. The third-order valence-electron chi connectivity index (χ3n) is 5.17. The van der Waals surface area contributed by atoms with E-state index in [9.17, 15) is 14.0 Å². The number of fused-ring (bicyclic) bond motifs is 2. The second kappa shape index (κ2) is 7.20. The van der Waals surface area contributed by atoms with Crippen LogP contribution in [0.3, 0.4) is 0 Å². The number of amides is 1. The zero-order valence-corrected chi connectivity index (χ0v) is 15.9. The highest BCUT2D eigenvalue weighted by Gasteiger charge is 2.23. The Labute approximate surface area is 162 Å². The quantitative estimate of drug-likeness (QED) is 0.734. The third kappa shape index (κ3) is 3.55. The normalized spacial score (nSPS) is 14.1. The number of halogens is 1. The zero-order valence-electron chi connectivity index (χ0n) is 15.9. The van der Waals surface area contributed by atoms with Crippen molar-refractivity contribution in [2.45, 2.75) is 26.8 Å². The van der Waals surface area contributed by atoms with Crippen molar-refractivity contribution in [3.8, 4) is 0 Å². The van der Waals surface area contributed by atoms with E-state index in [0.29, 0.717) is 30.6 Å². The molecule has 2 N–H and O–H groups in total. The Morgan fingerprint density at radius 1 is 1.25 bits per heavy atom. The maximum absolute atomic E-state index is 13.3. The summed E-state index contributed by atoms with van der Waals surface area (Å²) in [5.74, 6) is -0.619. The largest absolute Gasteiger partial charge is 0.358 e. The van der Waals surface area contributed by atoms with Crippen molar-refractivity contribution in [3.05, 3.63) is 74.8 Å². The van der Waals surface area contributed by atoms with Crippen LogP contribution in [0.5, 0.6) is 0 Å². The summed E-state index contributed by atoms with van der Waals surface area (Å²) in [6.07, 6.45) is 0.682. The predicted octanol–water partition coefficient (Wildman–Crippen LogP) is 3.28. The smallest absolute Gasteiger partial charge is 0.238 e. The molecule has 1 aromatic heterocycles. The number of nitrogens with zero attached hydrogens (tertiary/aromatic N) is 1. The van der Waals surface area contributed by atoms with Crippen LogP contribution in [-0.2, 0) is 17.8 Å². The minimum atomic E-state index is -0.395. The predicted molar refractivity (Wildman–Crippen MR) is 108 cm³/mol. The van der Waals surface area contributed by atoms with E-state index >= 15 is 0 Å². The molecule has 0 saturated carbocycles. The Balaban J connectivity index is 1.55. The van der Waals surface area contributed by atoms with Crippen LogP contribution in [-0.4, -0.2) is 28.9 Å². The molecular weight excluding hydrogens is 357 g/mol. The SMILES string of the molecule is Cc1cc(C)c2[nH]c3c(c(=O)c2c1)CN(CC(=O)Nc1cccc(F)c1)CC3. The highest BCUT2D eigenvalue weighted by Crippen LogP contribution is 2.21. The standard InChI is InChI=1S/C22H22FN3O2/c1-13-8-14(2)21-17(9-13)22(28)18-11-26(7-6-19(18)25-21)12-20(27)24-16-5-3-4-15(23)10-16/h3-5,8-10H,6-7,11-12H2,1-2H3,(H,24,27)(H,25,28). The lowest BCUT2D eigenvalue weighted by Crippen LogP contribution is -2.39. The first kappa shape index (κ1) is 18.4. The van der Waals surface area contributed by atoms with Crippen molar-refractivity contribution in [2.75, 3.05) is 18.4 Å². The maximum Gasteiger partial charge on any atom is 0.238 e. The summed E-state index contributed by atoms with van der Waals surface area (Å²) in [4.78, 5) is 30.8. The lowest BCUT2D eigenvalue weighted by molar-refractivity contribution is -0.117. The van der Waals surface area contributed by atoms with Crippen LogP contribution in [0.15, 0.2) is 41.2 Å². The molecule has 1 aliphatic heterocycles. The number of anilines is 1. The molecule has 2 heterocycles. The van der Waals surface area contributed by atoms with Crippen molar-refractivity contribution in [3.63, 3.8) is 0 Å². The number of H-pyrrole nitrogens is 1. The van der Waals surface area contributed by atoms with E-state index in [2.05, 4.69) is 16.4 Å². The number of rotatable bonds is 3. The van der Waals surface area contributed by atoms with Gasteiger partial charge in [0.15, 0.2) is 5.43 Å². The van der Waals surface area contributed by atoms with E-state index in [-0.39, 0.29) is 17.9 Å². The molecule has 0 saturated heterocycles. The molecule has 144 valence electrons. The minimum Gasteiger partial charge on any atom is -0.358 e. The summed E-state index contributed by atoms with van der Waals surface area (Å²) in [5, 5.41) is 3.40. The van der Waals surface area contributed by atoms with Crippen LogP contribution in [0, 0.1) is 19.7 Å². The van der Waals surface area contributed by atoms with Crippen LogP contribution in [0.25, 0.3) is 10.9 Å². The molecule has 0 spiro atoms. The molecule has 0 unspecified atom stereocenters. The molecule has 1 amide bonds. The highest BCUT2D eigenvalue weighted by atomic mass is 19.1. The summed E-state index contributed by atoms with van der Waals surface area (Å²) in [6, 6.07) is 9.79. The van der Waals surface area contributed by atoms with Gasteiger partial charge in [-0.25, -0.2) is 4.39 Å². The van der Waals surface area contributed by atoms with Gasteiger partial charge in [-0.3, -0.25) is 14.5 Å². The van der Waals surface area contributed by atoms with Crippen molar-refractivity contribution in [1.29, 1.82) is 0 Å². The molecule has 0 bridgehead atoms. The number of hydrogen-bond donors (Lipinski definition) is 2. The van der Waals surface area contributed by atoms with Gasteiger partial charge in [-0.05, 0) is 49.2 Å². The van der Waals surface area contributed by atoms with Crippen molar-refractivity contribution < 1.29 is 9.18 Å². The zero-order chi connectivity index (χ0) is 19.8. The lowest BCUT2D eigenvalue weighted by Gasteiger charge is -2.28. The van der Waals surface area contributed by atoms with Crippen LogP contribution >= 0.6 is 0 Å². The molecule has 0 fully saturated rings. The average molecular weight is 379 g/mol. The topological polar surface area (TPSA) is 65.2 Å². The molecule has 1 aliphatic rings.